The first-order chi connectivity index (χ1) is 10.7. The van der Waals surface area contributed by atoms with Gasteiger partial charge in [0.05, 0.1) is 13.2 Å². The third-order valence-corrected chi connectivity index (χ3v) is 4.56. The number of rotatable bonds is 3. The number of carbonyl (C=O) groups is 1. The SMILES string of the molecule is O=C(C1COCCN1)N1CCC(Cc2cccc(F)c2)CC1. The fourth-order valence-electron chi connectivity index (χ4n) is 3.30. The highest BCUT2D eigenvalue weighted by atomic mass is 19.1. The summed E-state index contributed by atoms with van der Waals surface area (Å²) in [7, 11) is 0. The number of piperidine rings is 1. The Hall–Kier alpha value is -1.46. The number of likely N-dealkylation sites (tertiary alicyclic amines) is 1. The number of benzene rings is 1. The number of halogens is 1. The van der Waals surface area contributed by atoms with Gasteiger partial charge < -0.3 is 15.0 Å². The standard InChI is InChI=1S/C17H23FN2O2/c18-15-3-1-2-14(11-15)10-13-4-7-20(8-5-13)17(21)16-12-22-9-6-19-16/h1-3,11,13,16,19H,4-10,12H2. The van der Waals surface area contributed by atoms with Crippen molar-refractivity contribution in [2.24, 2.45) is 5.92 Å². The number of hydrogen-bond acceptors (Lipinski definition) is 3. The molecule has 22 heavy (non-hydrogen) atoms. The molecule has 2 heterocycles. The van der Waals surface area contributed by atoms with Crippen molar-refractivity contribution < 1.29 is 13.9 Å². The van der Waals surface area contributed by atoms with Crippen LogP contribution < -0.4 is 5.32 Å². The van der Waals surface area contributed by atoms with Gasteiger partial charge in [-0.25, -0.2) is 4.39 Å². The molecule has 0 aromatic heterocycles. The molecular weight excluding hydrogens is 283 g/mol. The summed E-state index contributed by atoms with van der Waals surface area (Å²) in [4.78, 5) is 14.3. The van der Waals surface area contributed by atoms with Crippen LogP contribution in [0.15, 0.2) is 24.3 Å². The third kappa shape index (κ3) is 3.84. The number of ether oxygens (including phenoxy) is 1. The Morgan fingerprint density at radius 3 is 2.86 bits per heavy atom. The van der Waals surface area contributed by atoms with Gasteiger partial charge in [-0.3, -0.25) is 4.79 Å². The van der Waals surface area contributed by atoms with Crippen LogP contribution in [-0.2, 0) is 16.0 Å². The molecule has 1 atom stereocenters. The van der Waals surface area contributed by atoms with E-state index in [9.17, 15) is 9.18 Å². The highest BCUT2D eigenvalue weighted by Crippen LogP contribution is 2.22. The summed E-state index contributed by atoms with van der Waals surface area (Å²) in [6.45, 7) is 3.47. The molecule has 2 aliphatic rings. The summed E-state index contributed by atoms with van der Waals surface area (Å²) >= 11 is 0. The highest BCUT2D eigenvalue weighted by Gasteiger charge is 2.29. The summed E-state index contributed by atoms with van der Waals surface area (Å²) < 4.78 is 18.6. The molecule has 0 saturated carbocycles. The average molecular weight is 306 g/mol. The maximum atomic E-state index is 13.2. The monoisotopic (exact) mass is 306 g/mol. The number of nitrogens with zero attached hydrogens (tertiary/aromatic N) is 1. The Morgan fingerprint density at radius 2 is 2.18 bits per heavy atom. The van der Waals surface area contributed by atoms with Crippen LogP contribution in [0.4, 0.5) is 4.39 Å². The van der Waals surface area contributed by atoms with Crippen LogP contribution in [0.2, 0.25) is 0 Å². The van der Waals surface area contributed by atoms with Crippen molar-refractivity contribution in [3.63, 3.8) is 0 Å². The molecule has 3 rings (SSSR count). The summed E-state index contributed by atoms with van der Waals surface area (Å²) in [5.74, 6) is 0.513. The van der Waals surface area contributed by atoms with Crippen LogP contribution in [0.3, 0.4) is 0 Å². The lowest BCUT2D eigenvalue weighted by molar-refractivity contribution is -0.137. The van der Waals surface area contributed by atoms with Gasteiger partial charge in [0.1, 0.15) is 11.9 Å². The maximum Gasteiger partial charge on any atom is 0.242 e. The minimum Gasteiger partial charge on any atom is -0.378 e. The third-order valence-electron chi connectivity index (χ3n) is 4.56. The Kier molecular flexibility index (Phi) is 5.05. The van der Waals surface area contributed by atoms with E-state index in [1.807, 2.05) is 11.0 Å². The fourth-order valence-corrected chi connectivity index (χ4v) is 3.30. The summed E-state index contributed by atoms with van der Waals surface area (Å²) in [6, 6.07) is 6.64. The number of amides is 1. The molecule has 1 amide bonds. The molecule has 1 N–H and O–H groups in total. The molecule has 0 bridgehead atoms. The first-order valence-electron chi connectivity index (χ1n) is 8.07. The first kappa shape index (κ1) is 15.4. The van der Waals surface area contributed by atoms with Crippen LogP contribution in [0.1, 0.15) is 18.4 Å². The molecule has 0 aliphatic carbocycles. The van der Waals surface area contributed by atoms with Crippen molar-refractivity contribution in [3.05, 3.63) is 35.6 Å². The van der Waals surface area contributed by atoms with Crippen LogP contribution in [-0.4, -0.2) is 49.7 Å². The van der Waals surface area contributed by atoms with Gasteiger partial charge in [0.15, 0.2) is 0 Å². The second-order valence-corrected chi connectivity index (χ2v) is 6.18. The van der Waals surface area contributed by atoms with E-state index in [2.05, 4.69) is 5.32 Å². The summed E-state index contributed by atoms with van der Waals surface area (Å²) in [5.41, 5.74) is 1.05. The van der Waals surface area contributed by atoms with Gasteiger partial charge in [-0.1, -0.05) is 12.1 Å². The topological polar surface area (TPSA) is 41.6 Å². The lowest BCUT2D eigenvalue weighted by atomic mass is 9.90. The Labute approximate surface area is 130 Å². The lowest BCUT2D eigenvalue weighted by Crippen LogP contribution is -2.54. The first-order valence-corrected chi connectivity index (χ1v) is 8.07. The molecular formula is C17H23FN2O2. The largest absolute Gasteiger partial charge is 0.378 e. The van der Waals surface area contributed by atoms with E-state index in [4.69, 9.17) is 4.74 Å². The van der Waals surface area contributed by atoms with E-state index in [0.29, 0.717) is 19.1 Å². The van der Waals surface area contributed by atoms with Gasteiger partial charge >= 0.3 is 0 Å². The Balaban J connectivity index is 1.48. The molecule has 1 aromatic carbocycles. The van der Waals surface area contributed by atoms with Crippen molar-refractivity contribution in [1.29, 1.82) is 0 Å². The van der Waals surface area contributed by atoms with E-state index in [1.165, 1.54) is 6.07 Å². The minimum absolute atomic E-state index is 0.156. The van der Waals surface area contributed by atoms with Crippen LogP contribution in [0, 0.1) is 11.7 Å². The van der Waals surface area contributed by atoms with Crippen LogP contribution >= 0.6 is 0 Å². The molecule has 1 aromatic rings. The number of carbonyl (C=O) groups excluding carboxylic acids is 1. The predicted octanol–water partition coefficient (Wildman–Crippen LogP) is 1.60. The summed E-state index contributed by atoms with van der Waals surface area (Å²) in [6.07, 6.45) is 2.86. The van der Waals surface area contributed by atoms with E-state index in [0.717, 1.165) is 44.5 Å². The van der Waals surface area contributed by atoms with Crippen molar-refractivity contribution in [2.75, 3.05) is 32.8 Å². The molecule has 0 radical (unpaired) electrons. The van der Waals surface area contributed by atoms with Gasteiger partial charge in [0, 0.05) is 19.6 Å². The fraction of sp³-hybridized carbons (Fsp3) is 0.588. The molecule has 1 unspecified atom stereocenters. The number of morpholine rings is 1. The average Bonchev–Trinajstić information content (AvgIpc) is 2.56. The quantitative estimate of drug-likeness (QED) is 0.922. The van der Waals surface area contributed by atoms with Gasteiger partial charge in [0.2, 0.25) is 5.91 Å². The smallest absolute Gasteiger partial charge is 0.242 e. The van der Waals surface area contributed by atoms with E-state index >= 15 is 0 Å². The van der Waals surface area contributed by atoms with Crippen molar-refractivity contribution in [2.45, 2.75) is 25.3 Å². The zero-order valence-corrected chi connectivity index (χ0v) is 12.8. The minimum atomic E-state index is -0.187. The van der Waals surface area contributed by atoms with Crippen molar-refractivity contribution in [1.82, 2.24) is 10.2 Å². The van der Waals surface area contributed by atoms with E-state index < -0.39 is 0 Å². The molecule has 5 heteroatoms. The van der Waals surface area contributed by atoms with Crippen LogP contribution in [0.25, 0.3) is 0 Å². The zero-order valence-electron chi connectivity index (χ0n) is 12.8. The molecule has 2 aliphatic heterocycles. The summed E-state index contributed by atoms with van der Waals surface area (Å²) in [5, 5.41) is 3.22. The highest BCUT2D eigenvalue weighted by molar-refractivity contribution is 5.82. The number of hydrogen-bond donors (Lipinski definition) is 1. The van der Waals surface area contributed by atoms with Crippen molar-refractivity contribution in [3.8, 4) is 0 Å². The number of nitrogens with one attached hydrogen (secondary N) is 1. The van der Waals surface area contributed by atoms with Gasteiger partial charge in [-0.15, -0.1) is 0 Å². The van der Waals surface area contributed by atoms with Gasteiger partial charge in [0.25, 0.3) is 0 Å². The lowest BCUT2D eigenvalue weighted by Gasteiger charge is -2.35. The normalized spacial score (nSPS) is 23.5. The Bertz CT molecular complexity index is 509. The van der Waals surface area contributed by atoms with E-state index in [1.54, 1.807) is 12.1 Å². The van der Waals surface area contributed by atoms with E-state index in [-0.39, 0.29) is 17.8 Å². The van der Waals surface area contributed by atoms with Gasteiger partial charge in [-0.05, 0) is 42.9 Å². The zero-order chi connectivity index (χ0) is 15.4. The Morgan fingerprint density at radius 1 is 1.36 bits per heavy atom. The van der Waals surface area contributed by atoms with Gasteiger partial charge in [-0.2, -0.15) is 0 Å². The second-order valence-electron chi connectivity index (χ2n) is 6.18. The molecule has 4 nitrogen and oxygen atoms in total. The van der Waals surface area contributed by atoms with Crippen LogP contribution in [0.5, 0.6) is 0 Å². The maximum absolute atomic E-state index is 13.2. The molecule has 120 valence electrons. The predicted molar refractivity (Wildman–Crippen MR) is 82.0 cm³/mol. The van der Waals surface area contributed by atoms with Crippen molar-refractivity contribution >= 4 is 5.91 Å². The molecule has 2 saturated heterocycles. The molecule has 2 fully saturated rings. The second kappa shape index (κ2) is 7.20. The molecule has 0 spiro atoms.